The van der Waals surface area contributed by atoms with Gasteiger partial charge in [-0.15, -0.1) is 0 Å². The summed E-state index contributed by atoms with van der Waals surface area (Å²) in [4.78, 5) is 10.6. The second-order valence-corrected chi connectivity index (χ2v) is 3.35. The maximum Gasteiger partial charge on any atom is 0.335 e. The number of hydrogen-bond acceptors (Lipinski definition) is 2. The minimum absolute atomic E-state index is 0.194. The molecule has 0 aliphatic rings. The first-order valence-corrected chi connectivity index (χ1v) is 4.12. The SMILES string of the molecule is C[C@@](O)(Cc1ccccc1F)C(=O)O. The fraction of sp³-hybridized carbons (Fsp3) is 0.300. The predicted molar refractivity (Wildman–Crippen MR) is 48.4 cm³/mol. The second kappa shape index (κ2) is 3.75. The molecule has 0 radical (unpaired) electrons. The summed E-state index contributed by atoms with van der Waals surface area (Å²) < 4.78 is 13.1. The normalized spacial score (nSPS) is 14.8. The van der Waals surface area contributed by atoms with Crippen molar-refractivity contribution in [3.8, 4) is 0 Å². The van der Waals surface area contributed by atoms with E-state index >= 15 is 0 Å². The molecule has 0 fully saturated rings. The van der Waals surface area contributed by atoms with E-state index in [4.69, 9.17) is 5.11 Å². The molecule has 0 aromatic heterocycles. The van der Waals surface area contributed by atoms with E-state index in [0.717, 1.165) is 6.92 Å². The van der Waals surface area contributed by atoms with Crippen LogP contribution in [-0.2, 0) is 11.2 Å². The summed E-state index contributed by atoms with van der Waals surface area (Å²) in [5, 5.41) is 18.0. The first-order chi connectivity index (χ1) is 6.43. The molecule has 1 aromatic rings. The van der Waals surface area contributed by atoms with Crippen LogP contribution in [0.1, 0.15) is 12.5 Å². The lowest BCUT2D eigenvalue weighted by Crippen LogP contribution is -2.37. The Morgan fingerprint density at radius 3 is 2.57 bits per heavy atom. The lowest BCUT2D eigenvalue weighted by molar-refractivity contribution is -0.156. The minimum Gasteiger partial charge on any atom is -0.479 e. The Morgan fingerprint density at radius 2 is 2.07 bits per heavy atom. The summed E-state index contributed by atoms with van der Waals surface area (Å²) in [6.45, 7) is 1.14. The van der Waals surface area contributed by atoms with Crippen LogP contribution in [0.15, 0.2) is 24.3 Å². The van der Waals surface area contributed by atoms with E-state index in [0.29, 0.717) is 0 Å². The molecule has 1 atom stereocenters. The first kappa shape index (κ1) is 10.7. The molecule has 0 unspecified atom stereocenters. The number of carboxylic acid groups (broad SMARTS) is 1. The minimum atomic E-state index is -1.93. The molecule has 76 valence electrons. The first-order valence-electron chi connectivity index (χ1n) is 4.12. The quantitative estimate of drug-likeness (QED) is 0.767. The monoisotopic (exact) mass is 198 g/mol. The van der Waals surface area contributed by atoms with Gasteiger partial charge in [0, 0.05) is 6.42 Å². The molecule has 1 aromatic carbocycles. The number of aliphatic carboxylic acids is 1. The maximum absolute atomic E-state index is 13.1. The lowest BCUT2D eigenvalue weighted by atomic mass is 9.96. The van der Waals surface area contributed by atoms with Crippen LogP contribution in [0, 0.1) is 5.82 Å². The van der Waals surface area contributed by atoms with Gasteiger partial charge in [-0.05, 0) is 18.6 Å². The number of carbonyl (C=O) groups is 1. The lowest BCUT2D eigenvalue weighted by Gasteiger charge is -2.17. The van der Waals surface area contributed by atoms with Crippen molar-refractivity contribution in [3.05, 3.63) is 35.6 Å². The highest BCUT2D eigenvalue weighted by molar-refractivity contribution is 5.76. The van der Waals surface area contributed by atoms with Crippen molar-refractivity contribution in [2.75, 3.05) is 0 Å². The van der Waals surface area contributed by atoms with Crippen LogP contribution in [0.3, 0.4) is 0 Å². The molecule has 0 aliphatic heterocycles. The zero-order chi connectivity index (χ0) is 10.8. The summed E-state index contributed by atoms with van der Waals surface area (Å²) in [5.74, 6) is -1.87. The molecule has 2 N–H and O–H groups in total. The third-order valence-corrected chi connectivity index (χ3v) is 1.95. The van der Waals surface area contributed by atoms with Gasteiger partial charge in [-0.25, -0.2) is 9.18 Å². The van der Waals surface area contributed by atoms with Gasteiger partial charge in [-0.3, -0.25) is 0 Å². The van der Waals surface area contributed by atoms with Crippen molar-refractivity contribution in [2.24, 2.45) is 0 Å². The number of rotatable bonds is 3. The topological polar surface area (TPSA) is 57.5 Å². The summed E-state index contributed by atoms with van der Waals surface area (Å²) >= 11 is 0. The Bertz CT molecular complexity index is 347. The second-order valence-electron chi connectivity index (χ2n) is 3.35. The van der Waals surface area contributed by atoms with Gasteiger partial charge in [0.05, 0.1) is 0 Å². The van der Waals surface area contributed by atoms with Crippen LogP contribution in [-0.4, -0.2) is 21.8 Å². The average molecular weight is 198 g/mol. The molecule has 0 saturated carbocycles. The Balaban J connectivity index is 2.89. The summed E-state index contributed by atoms with van der Waals surface area (Å²) in [7, 11) is 0. The molecule has 0 saturated heterocycles. The van der Waals surface area contributed by atoms with Gasteiger partial charge in [-0.2, -0.15) is 0 Å². The Labute approximate surface area is 80.8 Å². The van der Waals surface area contributed by atoms with E-state index in [2.05, 4.69) is 0 Å². The fourth-order valence-electron chi connectivity index (χ4n) is 1.09. The largest absolute Gasteiger partial charge is 0.479 e. The Kier molecular flexibility index (Phi) is 2.86. The molecule has 0 spiro atoms. The smallest absolute Gasteiger partial charge is 0.335 e. The van der Waals surface area contributed by atoms with Gasteiger partial charge in [0.1, 0.15) is 5.82 Å². The van der Waals surface area contributed by atoms with Gasteiger partial charge >= 0.3 is 5.97 Å². The molecular formula is C10H11FO3. The number of aliphatic hydroxyl groups is 1. The van der Waals surface area contributed by atoms with Gasteiger partial charge < -0.3 is 10.2 Å². The molecule has 1 rings (SSSR count). The molecule has 14 heavy (non-hydrogen) atoms. The van der Waals surface area contributed by atoms with E-state index in [-0.39, 0.29) is 12.0 Å². The number of halogens is 1. The third-order valence-electron chi connectivity index (χ3n) is 1.95. The highest BCUT2D eigenvalue weighted by atomic mass is 19.1. The van der Waals surface area contributed by atoms with Crippen LogP contribution in [0.2, 0.25) is 0 Å². The molecule has 0 bridgehead atoms. The van der Waals surface area contributed by atoms with Crippen LogP contribution in [0.5, 0.6) is 0 Å². The van der Waals surface area contributed by atoms with Crippen molar-refractivity contribution in [1.29, 1.82) is 0 Å². The Hall–Kier alpha value is -1.42. The van der Waals surface area contributed by atoms with E-state index < -0.39 is 17.4 Å². The predicted octanol–water partition coefficient (Wildman–Crippen LogP) is 1.20. The summed E-state index contributed by atoms with van der Waals surface area (Å²) in [6, 6.07) is 5.78. The molecule has 3 nitrogen and oxygen atoms in total. The van der Waals surface area contributed by atoms with Crippen LogP contribution in [0.4, 0.5) is 4.39 Å². The summed E-state index contributed by atoms with van der Waals surface area (Å²) in [6.07, 6.45) is -0.241. The number of hydrogen-bond donors (Lipinski definition) is 2. The van der Waals surface area contributed by atoms with Crippen molar-refractivity contribution >= 4 is 5.97 Å². The molecule has 0 aliphatic carbocycles. The highest BCUT2D eigenvalue weighted by Gasteiger charge is 2.30. The van der Waals surface area contributed by atoms with Gasteiger partial charge in [0.2, 0.25) is 0 Å². The van der Waals surface area contributed by atoms with Crippen molar-refractivity contribution in [3.63, 3.8) is 0 Å². The van der Waals surface area contributed by atoms with Gasteiger partial charge in [0.15, 0.2) is 5.60 Å². The van der Waals surface area contributed by atoms with Crippen LogP contribution in [0.25, 0.3) is 0 Å². The zero-order valence-corrected chi connectivity index (χ0v) is 7.70. The molecule has 0 amide bonds. The van der Waals surface area contributed by atoms with Crippen molar-refractivity contribution in [1.82, 2.24) is 0 Å². The fourth-order valence-corrected chi connectivity index (χ4v) is 1.09. The molecule has 4 heteroatoms. The van der Waals surface area contributed by atoms with E-state index in [1.807, 2.05) is 0 Å². The van der Waals surface area contributed by atoms with Crippen LogP contribution >= 0.6 is 0 Å². The summed E-state index contributed by atoms with van der Waals surface area (Å²) in [5.41, 5.74) is -1.73. The zero-order valence-electron chi connectivity index (χ0n) is 7.70. The van der Waals surface area contributed by atoms with E-state index in [9.17, 15) is 14.3 Å². The van der Waals surface area contributed by atoms with Crippen molar-refractivity contribution < 1.29 is 19.4 Å². The van der Waals surface area contributed by atoms with Crippen LogP contribution < -0.4 is 0 Å². The van der Waals surface area contributed by atoms with Gasteiger partial charge in [0.25, 0.3) is 0 Å². The standard InChI is InChI=1S/C10H11FO3/c1-10(14,9(12)13)6-7-4-2-3-5-8(7)11/h2-5,14H,6H2,1H3,(H,12,13)/t10-/m1/s1. The number of benzene rings is 1. The molecular weight excluding hydrogens is 187 g/mol. The molecule has 0 heterocycles. The Morgan fingerprint density at radius 1 is 1.50 bits per heavy atom. The van der Waals surface area contributed by atoms with E-state index in [1.165, 1.54) is 18.2 Å². The third kappa shape index (κ3) is 2.29. The van der Waals surface area contributed by atoms with Crippen molar-refractivity contribution in [2.45, 2.75) is 18.9 Å². The van der Waals surface area contributed by atoms with Gasteiger partial charge in [-0.1, -0.05) is 18.2 Å². The van der Waals surface area contributed by atoms with E-state index in [1.54, 1.807) is 6.07 Å². The average Bonchev–Trinajstić information content (AvgIpc) is 2.08. The maximum atomic E-state index is 13.1. The highest BCUT2D eigenvalue weighted by Crippen LogP contribution is 2.15. The number of carboxylic acids is 1.